The normalized spacial score (nSPS) is 13.6. The number of furan rings is 1. The van der Waals surface area contributed by atoms with Crippen molar-refractivity contribution in [1.29, 1.82) is 0 Å². The maximum atomic E-state index is 13.8. The summed E-state index contributed by atoms with van der Waals surface area (Å²) < 4.78 is 31.3. The van der Waals surface area contributed by atoms with Crippen LogP contribution in [0.25, 0.3) is 44.5 Å². The van der Waals surface area contributed by atoms with E-state index in [4.69, 9.17) is 13.6 Å². The van der Waals surface area contributed by atoms with Crippen LogP contribution in [0.1, 0.15) is 45.0 Å². The molecule has 0 aliphatic heterocycles. The van der Waals surface area contributed by atoms with Crippen molar-refractivity contribution in [1.82, 2.24) is 20.6 Å². The molecule has 10 heteroatoms. The first-order chi connectivity index (χ1) is 21.3. The molecule has 3 heterocycles. The summed E-state index contributed by atoms with van der Waals surface area (Å²) in [7, 11) is 3.07. The number of ether oxygens (including phenoxy) is 1. The Labute approximate surface area is 251 Å². The minimum Gasteiger partial charge on any atom is -0.496 e. The summed E-state index contributed by atoms with van der Waals surface area (Å²) in [6.07, 6.45) is 4.63. The minimum absolute atomic E-state index is 0.324. The van der Waals surface area contributed by atoms with Gasteiger partial charge in [-0.2, -0.15) is 0 Å². The third-order valence-electron chi connectivity index (χ3n) is 8.05. The molecule has 220 valence electrons. The van der Waals surface area contributed by atoms with E-state index in [2.05, 4.69) is 20.6 Å². The number of hydrogen-bond acceptors (Lipinski definition) is 7. The van der Waals surface area contributed by atoms with Crippen molar-refractivity contribution >= 4 is 33.9 Å². The number of hydrogen-bond donors (Lipinski definition) is 2. The SMILES string of the molecule is CNC(=O)c1c(-c2ccc(F)cc2)oc2ccc(-c3cc(C(=O)NC4(c5nc6ccncc6o5)CC4)c(OC)cc3C)cc12. The van der Waals surface area contributed by atoms with Crippen LogP contribution in [-0.4, -0.2) is 35.9 Å². The van der Waals surface area contributed by atoms with Gasteiger partial charge in [-0.25, -0.2) is 9.37 Å². The molecule has 1 aliphatic rings. The second-order valence-electron chi connectivity index (χ2n) is 10.9. The van der Waals surface area contributed by atoms with Crippen LogP contribution in [0.15, 0.2) is 81.9 Å². The second kappa shape index (κ2) is 10.3. The summed E-state index contributed by atoms with van der Waals surface area (Å²) in [6.45, 7) is 1.93. The first-order valence-corrected chi connectivity index (χ1v) is 14.1. The Hall–Kier alpha value is -5.51. The number of aromatic nitrogens is 2. The van der Waals surface area contributed by atoms with Gasteiger partial charge in [-0.3, -0.25) is 14.6 Å². The van der Waals surface area contributed by atoms with Crippen LogP contribution in [0.5, 0.6) is 5.75 Å². The number of fused-ring (bicyclic) bond motifs is 2. The molecule has 9 nitrogen and oxygen atoms in total. The number of methoxy groups -OCH3 is 1. The highest BCUT2D eigenvalue weighted by Crippen LogP contribution is 2.46. The zero-order valence-electron chi connectivity index (χ0n) is 24.2. The summed E-state index contributed by atoms with van der Waals surface area (Å²) in [5.74, 6) is 0.168. The van der Waals surface area contributed by atoms with Crippen LogP contribution in [0, 0.1) is 12.7 Å². The number of oxazole rings is 1. The van der Waals surface area contributed by atoms with E-state index < -0.39 is 5.54 Å². The van der Waals surface area contributed by atoms with Crippen molar-refractivity contribution in [3.05, 3.63) is 101 Å². The highest BCUT2D eigenvalue weighted by molar-refractivity contribution is 6.12. The topological polar surface area (TPSA) is 119 Å². The maximum absolute atomic E-state index is 13.8. The number of nitrogens with one attached hydrogen (secondary N) is 2. The molecule has 44 heavy (non-hydrogen) atoms. The molecule has 0 spiro atoms. The van der Waals surface area contributed by atoms with Crippen molar-refractivity contribution in [3.63, 3.8) is 0 Å². The van der Waals surface area contributed by atoms with Crippen LogP contribution < -0.4 is 15.4 Å². The molecule has 0 radical (unpaired) electrons. The van der Waals surface area contributed by atoms with Crippen molar-refractivity contribution in [2.45, 2.75) is 25.3 Å². The summed E-state index contributed by atoms with van der Waals surface area (Å²) in [5.41, 5.74) is 4.72. The lowest BCUT2D eigenvalue weighted by molar-refractivity contribution is 0.0919. The summed E-state index contributed by atoms with van der Waals surface area (Å²) in [4.78, 5) is 35.5. The fourth-order valence-electron chi connectivity index (χ4n) is 5.55. The third-order valence-corrected chi connectivity index (χ3v) is 8.05. The average molecular weight is 591 g/mol. The van der Waals surface area contributed by atoms with Crippen LogP contribution in [0.4, 0.5) is 4.39 Å². The fraction of sp³-hybridized carbons (Fsp3) is 0.176. The van der Waals surface area contributed by atoms with Gasteiger partial charge < -0.3 is 24.2 Å². The lowest BCUT2D eigenvalue weighted by Crippen LogP contribution is -2.35. The highest BCUT2D eigenvalue weighted by Gasteiger charge is 2.50. The number of rotatable bonds is 7. The highest BCUT2D eigenvalue weighted by atomic mass is 19.1. The van der Waals surface area contributed by atoms with Crippen molar-refractivity contribution < 1.29 is 27.6 Å². The number of pyridine rings is 1. The van der Waals surface area contributed by atoms with Gasteiger partial charge in [0.1, 0.15) is 34.0 Å². The van der Waals surface area contributed by atoms with E-state index in [9.17, 15) is 14.0 Å². The molecular formula is C34H27FN4O5. The van der Waals surface area contributed by atoms with E-state index in [0.29, 0.717) is 69.0 Å². The third kappa shape index (κ3) is 4.55. The fourth-order valence-corrected chi connectivity index (χ4v) is 5.55. The van der Waals surface area contributed by atoms with Gasteiger partial charge >= 0.3 is 0 Å². The molecule has 1 fully saturated rings. The Morgan fingerprint density at radius 1 is 0.955 bits per heavy atom. The Balaban J connectivity index is 1.28. The molecule has 0 bridgehead atoms. The molecule has 7 rings (SSSR count). The standard InChI is InChI=1S/C34H27FN4O5/c1-18-14-27(42-3)24(31(40)39-34(11-12-34)33-38-25-10-13-37-17-28(25)44-33)16-22(18)20-6-9-26-23(15-20)29(32(41)36-2)30(43-26)19-4-7-21(35)8-5-19/h4-10,13-17H,11-12H2,1-3H3,(H,36,41)(H,39,40). The number of amides is 2. The van der Waals surface area contributed by atoms with E-state index in [0.717, 1.165) is 16.7 Å². The zero-order valence-corrected chi connectivity index (χ0v) is 24.2. The molecule has 2 N–H and O–H groups in total. The van der Waals surface area contributed by atoms with Gasteiger partial charge in [0.25, 0.3) is 11.8 Å². The van der Waals surface area contributed by atoms with Gasteiger partial charge in [0.2, 0.25) is 5.89 Å². The molecule has 3 aromatic carbocycles. The summed E-state index contributed by atoms with van der Waals surface area (Å²) in [6, 6.07) is 16.7. The quantitative estimate of drug-likeness (QED) is 0.217. The van der Waals surface area contributed by atoms with Crippen molar-refractivity contribution in [2.75, 3.05) is 14.2 Å². The average Bonchev–Trinajstić information content (AvgIpc) is 3.51. The zero-order chi connectivity index (χ0) is 30.6. The number of carbonyl (C=O) groups excluding carboxylic acids is 2. The van der Waals surface area contributed by atoms with Crippen molar-refractivity contribution in [3.8, 4) is 28.2 Å². The predicted molar refractivity (Wildman–Crippen MR) is 162 cm³/mol. The van der Waals surface area contributed by atoms with Crippen LogP contribution in [-0.2, 0) is 5.54 Å². The van der Waals surface area contributed by atoms with Gasteiger partial charge in [0.05, 0.1) is 24.4 Å². The molecular weight excluding hydrogens is 563 g/mol. The lowest BCUT2D eigenvalue weighted by atomic mass is 9.95. The maximum Gasteiger partial charge on any atom is 0.255 e. The number of benzene rings is 3. The first-order valence-electron chi connectivity index (χ1n) is 14.1. The smallest absolute Gasteiger partial charge is 0.255 e. The van der Waals surface area contributed by atoms with E-state index in [-0.39, 0.29) is 17.6 Å². The molecule has 1 saturated carbocycles. The molecule has 1 aliphatic carbocycles. The van der Waals surface area contributed by atoms with E-state index in [1.165, 1.54) is 19.2 Å². The molecule has 2 amide bonds. The number of halogens is 1. The monoisotopic (exact) mass is 590 g/mol. The first kappa shape index (κ1) is 27.3. The number of aryl methyl sites for hydroxylation is 1. The Bertz CT molecular complexity index is 2060. The van der Waals surface area contributed by atoms with Gasteiger partial charge in [-0.05, 0) is 91.1 Å². The van der Waals surface area contributed by atoms with Gasteiger partial charge in [-0.1, -0.05) is 6.07 Å². The van der Waals surface area contributed by atoms with Crippen molar-refractivity contribution in [2.24, 2.45) is 0 Å². The second-order valence-corrected chi connectivity index (χ2v) is 10.9. The Morgan fingerprint density at radius 2 is 1.73 bits per heavy atom. The number of nitrogens with zero attached hydrogens (tertiary/aromatic N) is 2. The van der Waals surface area contributed by atoms with Gasteiger partial charge in [0, 0.05) is 24.2 Å². The summed E-state index contributed by atoms with van der Waals surface area (Å²) in [5, 5.41) is 6.40. The largest absolute Gasteiger partial charge is 0.496 e. The lowest BCUT2D eigenvalue weighted by Gasteiger charge is -2.17. The predicted octanol–water partition coefficient (Wildman–Crippen LogP) is 6.54. The molecule has 3 aromatic heterocycles. The molecule has 6 aromatic rings. The van der Waals surface area contributed by atoms with Crippen LogP contribution in [0.3, 0.4) is 0 Å². The van der Waals surface area contributed by atoms with Crippen LogP contribution >= 0.6 is 0 Å². The van der Waals surface area contributed by atoms with E-state index >= 15 is 0 Å². The van der Waals surface area contributed by atoms with Crippen LogP contribution in [0.2, 0.25) is 0 Å². The Morgan fingerprint density at radius 3 is 2.43 bits per heavy atom. The molecule has 0 atom stereocenters. The van der Waals surface area contributed by atoms with Gasteiger partial charge in [0.15, 0.2) is 5.58 Å². The minimum atomic E-state index is -0.707. The molecule has 0 saturated heterocycles. The van der Waals surface area contributed by atoms with E-state index in [1.807, 2.05) is 25.1 Å². The van der Waals surface area contributed by atoms with E-state index in [1.54, 1.807) is 49.8 Å². The number of carbonyl (C=O) groups is 2. The van der Waals surface area contributed by atoms with Gasteiger partial charge in [-0.15, -0.1) is 0 Å². The Kier molecular flexibility index (Phi) is 6.42. The molecule has 0 unspecified atom stereocenters. The summed E-state index contributed by atoms with van der Waals surface area (Å²) >= 11 is 0.